The Kier molecular flexibility index (Phi) is 10.1. The van der Waals surface area contributed by atoms with Crippen molar-refractivity contribution in [3.63, 3.8) is 0 Å². The van der Waals surface area contributed by atoms with Gasteiger partial charge in [-0.05, 0) is 36.5 Å². The van der Waals surface area contributed by atoms with E-state index in [4.69, 9.17) is 10.8 Å². The number of aromatic nitrogens is 3. The Morgan fingerprint density at radius 1 is 1.05 bits per heavy atom. The van der Waals surface area contributed by atoms with Crippen LogP contribution in [0, 0.1) is 0 Å². The average molecular weight is 530 g/mol. The predicted octanol–water partition coefficient (Wildman–Crippen LogP) is -0.0730. The predicted molar refractivity (Wildman–Crippen MR) is 140 cm³/mol. The summed E-state index contributed by atoms with van der Waals surface area (Å²) in [5, 5.41) is 17.5. The third-order valence-corrected chi connectivity index (χ3v) is 6.36. The largest absolute Gasteiger partial charge is 0.480 e. The first-order chi connectivity index (χ1) is 17.8. The zero-order valence-corrected chi connectivity index (χ0v) is 21.1. The topological polar surface area (TPSA) is 195 Å². The molecule has 0 aliphatic rings. The highest BCUT2D eigenvalue weighted by atomic mass is 32.2. The molecule has 2 aromatic heterocycles. The quantitative estimate of drug-likeness (QED) is 0.151. The Labute approximate surface area is 217 Å². The highest BCUT2D eigenvalue weighted by Crippen LogP contribution is 2.19. The molecule has 198 valence electrons. The number of thioether (sulfide) groups is 1. The van der Waals surface area contributed by atoms with Crippen molar-refractivity contribution >= 4 is 46.4 Å². The monoisotopic (exact) mass is 529 g/mol. The number of aromatic amines is 2. The highest BCUT2D eigenvalue weighted by Gasteiger charge is 2.29. The third kappa shape index (κ3) is 8.08. The van der Waals surface area contributed by atoms with Crippen LogP contribution in [0.5, 0.6) is 0 Å². The fraction of sp³-hybridized carbons (Fsp3) is 0.375. The molecule has 3 unspecified atom stereocenters. The first-order valence-corrected chi connectivity index (χ1v) is 13.0. The molecular weight excluding hydrogens is 498 g/mol. The van der Waals surface area contributed by atoms with Crippen LogP contribution in [0.1, 0.15) is 17.7 Å². The Morgan fingerprint density at radius 3 is 2.51 bits per heavy atom. The molecule has 3 rings (SSSR count). The van der Waals surface area contributed by atoms with Crippen LogP contribution in [0.2, 0.25) is 0 Å². The molecule has 0 bridgehead atoms. The summed E-state index contributed by atoms with van der Waals surface area (Å²) in [4.78, 5) is 59.5. The number of carboxylic acid groups (broad SMARTS) is 1. The van der Waals surface area contributed by atoms with Gasteiger partial charge in [-0.2, -0.15) is 11.8 Å². The standard InChI is InChI=1S/C24H31N7O5S/c1-37-7-6-19(30-22(34)17(25)8-14-10-27-18-5-3-2-4-16(14)18)24(36)31-20(9-15-11-26-13-29-15)23(35)28-12-21(32)33/h2-5,10-11,13,17,19-20,27H,6-9,12,25H2,1H3,(H,26,29)(H,28,35)(H,30,34)(H,31,36)(H,32,33). The van der Waals surface area contributed by atoms with E-state index in [1.807, 2.05) is 36.7 Å². The highest BCUT2D eigenvalue weighted by molar-refractivity contribution is 7.98. The molecule has 12 nitrogen and oxygen atoms in total. The normalized spacial score (nSPS) is 13.5. The average Bonchev–Trinajstić information content (AvgIpc) is 3.54. The molecule has 3 aromatic rings. The molecule has 1 aromatic carbocycles. The van der Waals surface area contributed by atoms with Crippen LogP contribution in [0.3, 0.4) is 0 Å². The van der Waals surface area contributed by atoms with Gasteiger partial charge in [-0.25, -0.2) is 4.98 Å². The number of nitrogens with one attached hydrogen (secondary N) is 5. The van der Waals surface area contributed by atoms with Gasteiger partial charge in [-0.3, -0.25) is 19.2 Å². The molecular formula is C24H31N7O5S. The van der Waals surface area contributed by atoms with Gasteiger partial charge >= 0.3 is 5.97 Å². The smallest absolute Gasteiger partial charge is 0.322 e. The van der Waals surface area contributed by atoms with E-state index in [9.17, 15) is 19.2 Å². The number of aliphatic carboxylic acids is 1. The van der Waals surface area contributed by atoms with Gasteiger partial charge in [0.25, 0.3) is 0 Å². The molecule has 37 heavy (non-hydrogen) atoms. The number of carboxylic acids is 1. The molecule has 3 atom stereocenters. The lowest BCUT2D eigenvalue weighted by atomic mass is 10.0. The molecule has 0 saturated heterocycles. The summed E-state index contributed by atoms with van der Waals surface area (Å²) < 4.78 is 0. The van der Waals surface area contributed by atoms with E-state index in [1.165, 1.54) is 24.3 Å². The maximum atomic E-state index is 13.2. The maximum Gasteiger partial charge on any atom is 0.322 e. The van der Waals surface area contributed by atoms with Crippen LogP contribution in [-0.2, 0) is 32.0 Å². The molecule has 3 amide bonds. The number of H-pyrrole nitrogens is 2. The molecule has 0 aliphatic carbocycles. The number of nitrogens with two attached hydrogens (primary N) is 1. The first kappa shape index (κ1) is 27.7. The fourth-order valence-electron chi connectivity index (χ4n) is 3.80. The summed E-state index contributed by atoms with van der Waals surface area (Å²) in [7, 11) is 0. The van der Waals surface area contributed by atoms with Crippen molar-refractivity contribution in [3.05, 3.63) is 54.2 Å². The number of amides is 3. The Hall–Kier alpha value is -3.84. The molecule has 0 saturated carbocycles. The van der Waals surface area contributed by atoms with E-state index < -0.39 is 48.4 Å². The summed E-state index contributed by atoms with van der Waals surface area (Å²) in [6, 6.07) is 4.76. The number of carbonyl (C=O) groups excluding carboxylic acids is 3. The zero-order chi connectivity index (χ0) is 26.8. The van der Waals surface area contributed by atoms with Crippen molar-refractivity contribution in [2.24, 2.45) is 5.73 Å². The lowest BCUT2D eigenvalue weighted by Crippen LogP contribution is -2.57. The lowest BCUT2D eigenvalue weighted by Gasteiger charge is -2.24. The minimum Gasteiger partial charge on any atom is -0.480 e. The van der Waals surface area contributed by atoms with E-state index >= 15 is 0 Å². The summed E-state index contributed by atoms with van der Waals surface area (Å²) >= 11 is 1.50. The summed E-state index contributed by atoms with van der Waals surface area (Å²) in [5.74, 6) is -2.37. The molecule has 0 fully saturated rings. The molecule has 0 spiro atoms. The van der Waals surface area contributed by atoms with Crippen molar-refractivity contribution in [2.45, 2.75) is 37.4 Å². The van der Waals surface area contributed by atoms with Crippen LogP contribution in [0.15, 0.2) is 43.0 Å². The molecule has 13 heteroatoms. The van der Waals surface area contributed by atoms with Crippen LogP contribution >= 0.6 is 11.8 Å². The Morgan fingerprint density at radius 2 is 1.81 bits per heavy atom. The van der Waals surface area contributed by atoms with E-state index in [0.717, 1.165) is 16.5 Å². The van der Waals surface area contributed by atoms with E-state index in [-0.39, 0.29) is 12.8 Å². The summed E-state index contributed by atoms with van der Waals surface area (Å²) in [5.41, 5.74) is 8.59. The van der Waals surface area contributed by atoms with Crippen LogP contribution in [0.4, 0.5) is 0 Å². The number of rotatable bonds is 14. The second-order valence-corrected chi connectivity index (χ2v) is 9.45. The van der Waals surface area contributed by atoms with Gasteiger partial charge in [-0.1, -0.05) is 18.2 Å². The van der Waals surface area contributed by atoms with E-state index in [1.54, 1.807) is 0 Å². The first-order valence-electron chi connectivity index (χ1n) is 11.7. The minimum atomic E-state index is -1.21. The van der Waals surface area contributed by atoms with Gasteiger partial charge in [0.1, 0.15) is 18.6 Å². The number of carbonyl (C=O) groups is 4. The summed E-state index contributed by atoms with van der Waals surface area (Å²) in [6.45, 7) is -0.594. The van der Waals surface area contributed by atoms with E-state index in [0.29, 0.717) is 17.9 Å². The van der Waals surface area contributed by atoms with Gasteiger partial charge in [0, 0.05) is 35.4 Å². The number of benzene rings is 1. The van der Waals surface area contributed by atoms with Crippen molar-refractivity contribution < 1.29 is 24.3 Å². The lowest BCUT2D eigenvalue weighted by molar-refractivity contribution is -0.138. The SMILES string of the molecule is CSCCC(NC(=O)C(N)Cc1c[nH]c2ccccc12)C(=O)NC(Cc1cnc[nH]1)C(=O)NCC(=O)O. The molecule has 2 heterocycles. The minimum absolute atomic E-state index is 0.0560. The van der Waals surface area contributed by atoms with Gasteiger partial charge in [0.15, 0.2) is 0 Å². The van der Waals surface area contributed by atoms with Crippen molar-refractivity contribution in [1.82, 2.24) is 30.9 Å². The fourth-order valence-corrected chi connectivity index (χ4v) is 4.27. The number of fused-ring (bicyclic) bond motifs is 1. The number of hydrogen-bond acceptors (Lipinski definition) is 7. The molecule has 8 N–H and O–H groups in total. The Balaban J connectivity index is 1.68. The van der Waals surface area contributed by atoms with Crippen LogP contribution in [-0.4, -0.2) is 80.4 Å². The molecule has 0 aliphatic heterocycles. The Bertz CT molecular complexity index is 1210. The second-order valence-electron chi connectivity index (χ2n) is 8.47. The zero-order valence-electron chi connectivity index (χ0n) is 20.3. The number of para-hydroxylation sites is 1. The second kappa shape index (κ2) is 13.5. The molecule has 0 radical (unpaired) electrons. The van der Waals surface area contributed by atoms with Gasteiger partial charge in [0.05, 0.1) is 12.4 Å². The van der Waals surface area contributed by atoms with Gasteiger partial charge < -0.3 is 36.8 Å². The van der Waals surface area contributed by atoms with Gasteiger partial charge in [-0.15, -0.1) is 0 Å². The van der Waals surface area contributed by atoms with Crippen molar-refractivity contribution in [3.8, 4) is 0 Å². The number of imidazole rings is 1. The summed E-state index contributed by atoms with van der Waals surface area (Å²) in [6.07, 6.45) is 7.25. The van der Waals surface area contributed by atoms with Gasteiger partial charge in [0.2, 0.25) is 17.7 Å². The van der Waals surface area contributed by atoms with Crippen LogP contribution in [0.25, 0.3) is 10.9 Å². The number of hydrogen-bond donors (Lipinski definition) is 7. The number of nitrogens with zero attached hydrogens (tertiary/aromatic N) is 1. The van der Waals surface area contributed by atoms with Crippen molar-refractivity contribution in [2.75, 3.05) is 18.6 Å². The maximum absolute atomic E-state index is 13.2. The van der Waals surface area contributed by atoms with Crippen molar-refractivity contribution in [1.29, 1.82) is 0 Å². The third-order valence-electron chi connectivity index (χ3n) is 5.72. The van der Waals surface area contributed by atoms with Crippen LogP contribution < -0.4 is 21.7 Å². The van der Waals surface area contributed by atoms with E-state index in [2.05, 4.69) is 30.9 Å².